The third-order valence-electron chi connectivity index (χ3n) is 2.36. The Morgan fingerprint density at radius 2 is 1.88 bits per heavy atom. The van der Waals surface area contributed by atoms with Crippen molar-refractivity contribution in [2.24, 2.45) is 0 Å². The van der Waals surface area contributed by atoms with Gasteiger partial charge < -0.3 is 18.3 Å². The molecular weight excluding hydrogens is 240 g/mol. The zero-order chi connectivity index (χ0) is 13.1. The second kappa shape index (κ2) is 9.35. The molecule has 100 valence electrons. The number of carbonyl (C=O) groups is 1. The minimum absolute atomic E-state index is 0.318. The van der Waals surface area contributed by atoms with E-state index in [1.54, 1.807) is 34.3 Å². The van der Waals surface area contributed by atoms with Crippen LogP contribution in [0.15, 0.2) is 12.2 Å². The van der Waals surface area contributed by atoms with Crippen molar-refractivity contribution in [2.45, 2.75) is 19.4 Å². The molecule has 0 saturated carbocycles. The van der Waals surface area contributed by atoms with Crippen LogP contribution >= 0.6 is 0 Å². The summed E-state index contributed by atoms with van der Waals surface area (Å²) in [6.45, 7) is 2.14. The van der Waals surface area contributed by atoms with E-state index in [-0.39, 0.29) is 5.97 Å². The Labute approximate surface area is 104 Å². The molecule has 0 N–H and O–H groups in total. The third kappa shape index (κ3) is 6.57. The number of allylic oxidation sites excluding steroid dienone is 1. The fourth-order valence-corrected chi connectivity index (χ4v) is 3.47. The molecule has 0 aromatic rings. The molecule has 0 aromatic heterocycles. The van der Waals surface area contributed by atoms with Crippen LogP contribution in [0.3, 0.4) is 0 Å². The molecule has 0 rings (SSSR count). The van der Waals surface area contributed by atoms with E-state index in [4.69, 9.17) is 18.3 Å². The van der Waals surface area contributed by atoms with Gasteiger partial charge in [0.1, 0.15) is 0 Å². The van der Waals surface area contributed by atoms with Gasteiger partial charge in [-0.05, 0) is 19.4 Å². The van der Waals surface area contributed by atoms with Crippen LogP contribution in [0, 0.1) is 0 Å². The van der Waals surface area contributed by atoms with Gasteiger partial charge in [0, 0.05) is 27.4 Å². The summed E-state index contributed by atoms with van der Waals surface area (Å²) in [7, 11) is 2.60. The van der Waals surface area contributed by atoms with Crippen molar-refractivity contribution in [3.8, 4) is 0 Å². The number of carbonyl (C=O) groups excluding carboxylic acids is 1. The lowest BCUT2D eigenvalue weighted by Crippen LogP contribution is -2.45. The maximum absolute atomic E-state index is 11.0. The van der Waals surface area contributed by atoms with Gasteiger partial charge in [0.2, 0.25) is 0 Å². The number of rotatable bonds is 9. The molecule has 0 spiro atoms. The van der Waals surface area contributed by atoms with E-state index >= 15 is 0 Å². The van der Waals surface area contributed by atoms with Crippen LogP contribution < -0.4 is 0 Å². The smallest absolute Gasteiger partial charge is 0.364 e. The first-order valence-corrected chi connectivity index (χ1v) is 7.76. The van der Waals surface area contributed by atoms with Gasteiger partial charge in [0.25, 0.3) is 0 Å². The molecule has 0 aliphatic rings. The predicted molar refractivity (Wildman–Crippen MR) is 66.8 cm³/mol. The molecule has 0 bridgehead atoms. The van der Waals surface area contributed by atoms with E-state index in [0.717, 1.165) is 6.04 Å². The molecule has 0 aromatic carbocycles. The monoisotopic (exact) mass is 262 g/mol. The van der Waals surface area contributed by atoms with Crippen molar-refractivity contribution in [2.75, 3.05) is 34.2 Å². The maximum Gasteiger partial charge on any atom is 0.364 e. The minimum Gasteiger partial charge on any atom is -0.463 e. The Kier molecular flexibility index (Phi) is 8.97. The van der Waals surface area contributed by atoms with Gasteiger partial charge in [-0.3, -0.25) is 0 Å². The van der Waals surface area contributed by atoms with Crippen LogP contribution in [0.4, 0.5) is 0 Å². The van der Waals surface area contributed by atoms with Crippen molar-refractivity contribution in [3.63, 3.8) is 0 Å². The maximum atomic E-state index is 11.0. The van der Waals surface area contributed by atoms with E-state index in [1.807, 2.05) is 0 Å². The van der Waals surface area contributed by atoms with Crippen molar-refractivity contribution in [1.82, 2.24) is 0 Å². The summed E-state index contributed by atoms with van der Waals surface area (Å²) in [5.41, 5.74) is 0. The van der Waals surface area contributed by atoms with E-state index in [1.165, 1.54) is 6.08 Å². The largest absolute Gasteiger partial charge is 0.463 e. The highest BCUT2D eigenvalue weighted by Crippen LogP contribution is 2.14. The summed E-state index contributed by atoms with van der Waals surface area (Å²) in [5.74, 6) is -0.318. The van der Waals surface area contributed by atoms with Gasteiger partial charge in [-0.2, -0.15) is 0 Å². The highest BCUT2D eigenvalue weighted by atomic mass is 28.4. The molecule has 5 nitrogen and oxygen atoms in total. The Balaban J connectivity index is 3.94. The van der Waals surface area contributed by atoms with Crippen LogP contribution in [-0.4, -0.2) is 48.7 Å². The highest BCUT2D eigenvalue weighted by Gasteiger charge is 2.35. The van der Waals surface area contributed by atoms with Crippen molar-refractivity contribution in [3.05, 3.63) is 12.2 Å². The van der Waals surface area contributed by atoms with E-state index in [0.29, 0.717) is 19.3 Å². The minimum atomic E-state index is -2.27. The van der Waals surface area contributed by atoms with Crippen LogP contribution in [-0.2, 0) is 23.1 Å². The lowest BCUT2D eigenvalue weighted by molar-refractivity contribution is -0.137. The zero-order valence-corrected chi connectivity index (χ0v) is 12.0. The summed E-state index contributed by atoms with van der Waals surface area (Å²) in [6, 6.07) is 0.733. The average Bonchev–Trinajstić information content (AvgIpc) is 2.33. The Bertz CT molecular complexity index is 238. The SMILES string of the molecule is CC=CC(=O)OCCC[Si](COC)(OC)OC. The topological polar surface area (TPSA) is 54.0 Å². The lowest BCUT2D eigenvalue weighted by Gasteiger charge is -2.26. The van der Waals surface area contributed by atoms with Gasteiger partial charge in [-0.1, -0.05) is 6.08 Å². The molecule has 0 radical (unpaired) electrons. The summed E-state index contributed by atoms with van der Waals surface area (Å²) in [4.78, 5) is 11.0. The Morgan fingerprint density at radius 1 is 1.24 bits per heavy atom. The molecule has 0 amide bonds. The molecule has 6 heteroatoms. The third-order valence-corrected chi connectivity index (χ3v) is 5.69. The molecule has 0 aliphatic carbocycles. The fraction of sp³-hybridized carbons (Fsp3) is 0.727. The number of methoxy groups -OCH3 is 1. The summed E-state index contributed by atoms with van der Waals surface area (Å²) < 4.78 is 20.9. The van der Waals surface area contributed by atoms with Gasteiger partial charge >= 0.3 is 14.5 Å². The molecule has 0 unspecified atom stereocenters. The number of hydrogen-bond acceptors (Lipinski definition) is 5. The summed E-state index contributed by atoms with van der Waals surface area (Å²) >= 11 is 0. The van der Waals surface area contributed by atoms with Crippen LogP contribution in [0.1, 0.15) is 13.3 Å². The van der Waals surface area contributed by atoms with Gasteiger partial charge in [0.15, 0.2) is 0 Å². The molecule has 17 heavy (non-hydrogen) atoms. The molecule has 0 heterocycles. The summed E-state index contributed by atoms with van der Waals surface area (Å²) in [5, 5.41) is 0. The second-order valence-electron chi connectivity index (χ2n) is 3.52. The molecular formula is C11H22O5Si. The van der Waals surface area contributed by atoms with Gasteiger partial charge in [-0.15, -0.1) is 0 Å². The zero-order valence-electron chi connectivity index (χ0n) is 11.0. The van der Waals surface area contributed by atoms with Crippen molar-refractivity contribution in [1.29, 1.82) is 0 Å². The molecule has 0 saturated heterocycles. The highest BCUT2D eigenvalue weighted by molar-refractivity contribution is 6.67. The standard InChI is InChI=1S/C11H22O5Si/c1-5-7-11(12)16-8-6-9-17(14-3,15-4)10-13-2/h5,7H,6,8-10H2,1-4H3. The first kappa shape index (κ1) is 16.3. The predicted octanol–water partition coefficient (Wildman–Crippen LogP) is 1.42. The van der Waals surface area contributed by atoms with Gasteiger partial charge in [-0.25, -0.2) is 4.79 Å². The molecule has 0 fully saturated rings. The first-order chi connectivity index (χ1) is 8.14. The van der Waals surface area contributed by atoms with E-state index < -0.39 is 8.56 Å². The summed E-state index contributed by atoms with van der Waals surface area (Å²) in [6.07, 6.45) is 4.23. The average molecular weight is 262 g/mol. The molecule has 0 aliphatic heterocycles. The fourth-order valence-electron chi connectivity index (χ4n) is 1.40. The van der Waals surface area contributed by atoms with Crippen LogP contribution in [0.5, 0.6) is 0 Å². The van der Waals surface area contributed by atoms with Crippen molar-refractivity contribution < 1.29 is 23.1 Å². The van der Waals surface area contributed by atoms with Crippen LogP contribution in [0.25, 0.3) is 0 Å². The molecule has 0 atom stereocenters. The number of hydrogen-bond donors (Lipinski definition) is 0. The normalized spacial score (nSPS) is 12.0. The lowest BCUT2D eigenvalue weighted by atomic mass is 10.5. The van der Waals surface area contributed by atoms with Crippen molar-refractivity contribution >= 4 is 14.5 Å². The van der Waals surface area contributed by atoms with E-state index in [2.05, 4.69) is 0 Å². The van der Waals surface area contributed by atoms with E-state index in [9.17, 15) is 4.79 Å². The number of ether oxygens (including phenoxy) is 2. The van der Waals surface area contributed by atoms with Gasteiger partial charge in [0.05, 0.1) is 12.8 Å². The second-order valence-corrected chi connectivity index (χ2v) is 6.95. The number of esters is 1. The first-order valence-electron chi connectivity index (χ1n) is 5.53. The quantitative estimate of drug-likeness (QED) is 0.272. The Hall–Kier alpha value is -0.693. The van der Waals surface area contributed by atoms with Crippen LogP contribution in [0.2, 0.25) is 6.04 Å². The Morgan fingerprint density at radius 3 is 2.35 bits per heavy atom.